The van der Waals surface area contributed by atoms with E-state index < -0.39 is 76.5 Å². The van der Waals surface area contributed by atoms with Gasteiger partial charge in [-0.15, -0.1) is 0 Å². The molecule has 6 nitrogen and oxygen atoms in total. The van der Waals surface area contributed by atoms with Gasteiger partial charge in [-0.2, -0.15) is 26.3 Å². The van der Waals surface area contributed by atoms with Gasteiger partial charge in [0, 0.05) is 11.8 Å². The van der Waals surface area contributed by atoms with Gasteiger partial charge in [0.15, 0.2) is 5.79 Å². The van der Waals surface area contributed by atoms with Crippen molar-refractivity contribution in [1.82, 2.24) is 0 Å². The maximum Gasteiger partial charge on any atom is 0.416 e. The number of nitrogens with zero attached hydrogens (tertiary/aromatic N) is 1. The number of fused-ring (bicyclic) bond motifs is 3. The third-order valence-corrected chi connectivity index (χ3v) is 7.95. The molecule has 38 heavy (non-hydrogen) atoms. The molecule has 3 fully saturated rings. The van der Waals surface area contributed by atoms with E-state index in [0.717, 1.165) is 0 Å². The maximum absolute atomic E-state index is 13.6. The van der Waals surface area contributed by atoms with Crippen molar-refractivity contribution >= 4 is 17.5 Å². The molecule has 2 aromatic rings. The predicted molar refractivity (Wildman–Crippen MR) is 119 cm³/mol. The molecule has 2 heterocycles. The SMILES string of the molecule is CC[C@H]1C[C@@H]2C(=O)N(c3cc(C(F)(F)F)cc(C(F)(F)F)c3)C(=O)[C@@H]2[C@@H]2C[C@@H](c3ccc(O)cc3)O[C@]12O. The smallest absolute Gasteiger partial charge is 0.416 e. The number of hydrogen-bond acceptors (Lipinski definition) is 5. The molecule has 0 unspecified atom stereocenters. The highest BCUT2D eigenvalue weighted by atomic mass is 19.4. The normalized spacial score (nSPS) is 31.5. The average molecular weight is 543 g/mol. The first kappa shape index (κ1) is 26.5. The molecular weight excluding hydrogens is 520 g/mol. The molecule has 2 amide bonds. The van der Waals surface area contributed by atoms with Crippen LogP contribution in [0.4, 0.5) is 32.0 Å². The molecule has 6 atom stereocenters. The molecule has 12 heteroatoms. The lowest BCUT2D eigenvalue weighted by molar-refractivity contribution is -0.269. The number of anilines is 1. The van der Waals surface area contributed by atoms with E-state index in [1.54, 1.807) is 19.1 Å². The Balaban J connectivity index is 1.56. The summed E-state index contributed by atoms with van der Waals surface area (Å²) in [5.41, 5.74) is -3.50. The molecule has 2 aromatic carbocycles. The molecule has 5 rings (SSSR count). The number of carbonyl (C=O) groups excluding carboxylic acids is 2. The summed E-state index contributed by atoms with van der Waals surface area (Å²) < 4.78 is 86.7. The molecule has 3 aliphatic rings. The third-order valence-electron chi connectivity index (χ3n) is 7.95. The van der Waals surface area contributed by atoms with Crippen molar-refractivity contribution in [3.05, 3.63) is 59.2 Å². The second-order valence-corrected chi connectivity index (χ2v) is 10.0. The van der Waals surface area contributed by atoms with Crippen molar-refractivity contribution in [3.8, 4) is 5.75 Å². The number of aromatic hydroxyl groups is 1. The van der Waals surface area contributed by atoms with Crippen LogP contribution in [-0.4, -0.2) is 27.8 Å². The monoisotopic (exact) mass is 543 g/mol. The first-order valence-corrected chi connectivity index (χ1v) is 12.0. The molecule has 2 aliphatic heterocycles. The van der Waals surface area contributed by atoms with Gasteiger partial charge >= 0.3 is 12.4 Å². The summed E-state index contributed by atoms with van der Waals surface area (Å²) in [6.45, 7) is 1.75. The standard InChI is InChI=1S/C26H23F6NO5/c1-2-13-10-18-21(19-11-20(38-24(13,19)37)12-3-5-17(34)6-4-12)23(36)33(22(18)35)16-8-14(25(27,28)29)7-15(9-16)26(30,31)32/h3-9,13,18-21,34,37H,2,10-11H2,1H3/t13-,18-,19-,20-,21-,24+/m0/s1. The highest BCUT2D eigenvalue weighted by Gasteiger charge is 2.66. The number of amides is 2. The third kappa shape index (κ3) is 4.14. The molecular formula is C26H23F6NO5. The largest absolute Gasteiger partial charge is 0.508 e. The summed E-state index contributed by atoms with van der Waals surface area (Å²) in [6.07, 6.45) is -10.6. The number of imide groups is 1. The number of carbonyl (C=O) groups is 2. The number of hydrogen-bond donors (Lipinski definition) is 2. The summed E-state index contributed by atoms with van der Waals surface area (Å²) in [5.74, 6) is -7.48. The second-order valence-electron chi connectivity index (χ2n) is 10.0. The van der Waals surface area contributed by atoms with Crippen molar-refractivity contribution in [2.24, 2.45) is 23.7 Å². The van der Waals surface area contributed by atoms with Gasteiger partial charge < -0.3 is 14.9 Å². The maximum atomic E-state index is 13.6. The summed E-state index contributed by atoms with van der Waals surface area (Å²) in [6, 6.07) is 6.64. The Kier molecular flexibility index (Phi) is 6.06. The first-order chi connectivity index (χ1) is 17.6. The Bertz CT molecular complexity index is 1240. The van der Waals surface area contributed by atoms with Gasteiger partial charge in [0.2, 0.25) is 11.8 Å². The van der Waals surface area contributed by atoms with Crippen LogP contribution in [-0.2, 0) is 26.7 Å². The molecule has 0 aromatic heterocycles. The van der Waals surface area contributed by atoms with Crippen LogP contribution >= 0.6 is 0 Å². The van der Waals surface area contributed by atoms with Crippen LogP contribution in [0, 0.1) is 23.7 Å². The van der Waals surface area contributed by atoms with Gasteiger partial charge in [0.1, 0.15) is 5.75 Å². The Morgan fingerprint density at radius 3 is 2.05 bits per heavy atom. The first-order valence-electron chi connectivity index (χ1n) is 12.0. The lowest BCUT2D eigenvalue weighted by Gasteiger charge is -2.44. The van der Waals surface area contributed by atoms with Gasteiger partial charge in [-0.1, -0.05) is 19.1 Å². The van der Waals surface area contributed by atoms with E-state index in [1.807, 2.05) is 0 Å². The van der Waals surface area contributed by atoms with E-state index in [2.05, 4.69) is 0 Å². The molecule has 0 bridgehead atoms. The average Bonchev–Trinajstić information content (AvgIpc) is 3.31. The van der Waals surface area contributed by atoms with Crippen LogP contribution in [0.2, 0.25) is 0 Å². The molecule has 1 saturated carbocycles. The number of aliphatic hydroxyl groups is 1. The van der Waals surface area contributed by atoms with Crippen molar-refractivity contribution in [2.75, 3.05) is 4.90 Å². The number of rotatable bonds is 3. The molecule has 2 saturated heterocycles. The summed E-state index contributed by atoms with van der Waals surface area (Å²) in [7, 11) is 0. The van der Waals surface area contributed by atoms with E-state index in [0.29, 0.717) is 29.0 Å². The Hall–Kier alpha value is -3.12. The number of alkyl halides is 6. The Labute approximate surface area is 212 Å². The van der Waals surface area contributed by atoms with Gasteiger partial charge in [0.25, 0.3) is 0 Å². The summed E-state index contributed by atoms with van der Waals surface area (Å²) >= 11 is 0. The van der Waals surface area contributed by atoms with E-state index >= 15 is 0 Å². The molecule has 1 aliphatic carbocycles. The van der Waals surface area contributed by atoms with Gasteiger partial charge in [0.05, 0.1) is 34.8 Å². The van der Waals surface area contributed by atoms with E-state index in [1.165, 1.54) is 12.1 Å². The highest BCUT2D eigenvalue weighted by Crippen LogP contribution is 2.59. The molecule has 0 spiro atoms. The van der Waals surface area contributed by atoms with E-state index in [4.69, 9.17) is 4.74 Å². The molecule has 2 N–H and O–H groups in total. The predicted octanol–water partition coefficient (Wildman–Crippen LogP) is 5.43. The molecule has 204 valence electrons. The fourth-order valence-electron chi connectivity index (χ4n) is 6.16. The van der Waals surface area contributed by atoms with Gasteiger partial charge in [-0.25, -0.2) is 0 Å². The number of ether oxygens (including phenoxy) is 1. The fraction of sp³-hybridized carbons (Fsp3) is 0.462. The number of halogens is 6. The zero-order valence-electron chi connectivity index (χ0n) is 19.9. The van der Waals surface area contributed by atoms with E-state index in [-0.39, 0.29) is 24.7 Å². The van der Waals surface area contributed by atoms with Crippen LogP contribution in [0.15, 0.2) is 42.5 Å². The zero-order chi connectivity index (χ0) is 27.8. The Morgan fingerprint density at radius 1 is 0.947 bits per heavy atom. The van der Waals surface area contributed by atoms with E-state index in [9.17, 15) is 46.1 Å². The zero-order valence-corrected chi connectivity index (χ0v) is 19.9. The van der Waals surface area contributed by atoms with Crippen LogP contribution in [0.5, 0.6) is 5.75 Å². The van der Waals surface area contributed by atoms with Crippen molar-refractivity contribution < 1.29 is 50.9 Å². The minimum absolute atomic E-state index is 0.000830. The minimum atomic E-state index is -5.15. The van der Waals surface area contributed by atoms with Crippen molar-refractivity contribution in [1.29, 1.82) is 0 Å². The van der Waals surface area contributed by atoms with Crippen LogP contribution in [0.3, 0.4) is 0 Å². The number of benzene rings is 2. The fourth-order valence-corrected chi connectivity index (χ4v) is 6.16. The number of phenolic OH excluding ortho intramolecular Hbond substituents is 1. The van der Waals surface area contributed by atoms with Crippen LogP contribution < -0.4 is 4.90 Å². The quantitative estimate of drug-likeness (QED) is 0.398. The van der Waals surface area contributed by atoms with Crippen LogP contribution in [0.1, 0.15) is 49.0 Å². The van der Waals surface area contributed by atoms with Crippen molar-refractivity contribution in [3.63, 3.8) is 0 Å². The summed E-state index contributed by atoms with van der Waals surface area (Å²) in [5, 5.41) is 21.2. The Morgan fingerprint density at radius 2 is 1.53 bits per heavy atom. The summed E-state index contributed by atoms with van der Waals surface area (Å²) in [4.78, 5) is 27.4. The van der Waals surface area contributed by atoms with Gasteiger partial charge in [-0.05, 0) is 55.2 Å². The minimum Gasteiger partial charge on any atom is -0.508 e. The van der Waals surface area contributed by atoms with Crippen LogP contribution in [0.25, 0.3) is 0 Å². The topological polar surface area (TPSA) is 87.1 Å². The molecule has 0 radical (unpaired) electrons. The lowest BCUT2D eigenvalue weighted by atomic mass is 9.64. The second kappa shape index (κ2) is 8.70. The number of phenols is 1. The lowest BCUT2D eigenvalue weighted by Crippen LogP contribution is -2.53. The van der Waals surface area contributed by atoms with Gasteiger partial charge in [-0.3, -0.25) is 14.5 Å². The van der Waals surface area contributed by atoms with Crippen molar-refractivity contribution in [2.45, 2.75) is 50.4 Å². The highest BCUT2D eigenvalue weighted by molar-refractivity contribution is 6.22.